The number of nitrogens with zero attached hydrogens (tertiary/aromatic N) is 1. The van der Waals surface area contributed by atoms with Crippen LogP contribution in [0.1, 0.15) is 26.2 Å². The van der Waals surface area contributed by atoms with Crippen LogP contribution >= 0.6 is 0 Å². The van der Waals surface area contributed by atoms with Crippen LogP contribution in [0.15, 0.2) is 0 Å². The number of hydrogen-bond acceptors (Lipinski definition) is 3. The van der Waals surface area contributed by atoms with Crippen molar-refractivity contribution in [1.82, 2.24) is 4.90 Å². The van der Waals surface area contributed by atoms with Crippen molar-refractivity contribution in [2.75, 3.05) is 19.6 Å². The molecule has 1 aliphatic heterocycles. The molecule has 2 unspecified atom stereocenters. The Labute approximate surface area is 84.5 Å². The second-order valence-corrected chi connectivity index (χ2v) is 3.95. The van der Waals surface area contributed by atoms with E-state index in [-0.39, 0.29) is 0 Å². The fourth-order valence-electron chi connectivity index (χ4n) is 1.87. The van der Waals surface area contributed by atoms with Gasteiger partial charge in [0.15, 0.2) is 0 Å². The van der Waals surface area contributed by atoms with Crippen LogP contribution in [0.5, 0.6) is 0 Å². The number of likely N-dealkylation sites (tertiary alicyclic amines) is 1. The zero-order chi connectivity index (χ0) is 10.6. The number of rotatable bonds is 4. The number of β-amino-alcohol motifs (C(OH)–C–C–N with tert-alkyl or cyclic N) is 1. The summed E-state index contributed by atoms with van der Waals surface area (Å²) < 4.78 is 0. The van der Waals surface area contributed by atoms with Crippen LogP contribution in [0.25, 0.3) is 0 Å². The molecule has 14 heavy (non-hydrogen) atoms. The van der Waals surface area contributed by atoms with Crippen LogP contribution < -0.4 is 0 Å². The Kier molecular flexibility index (Phi) is 4.35. The Hall–Kier alpha value is -0.610. The molecule has 1 fully saturated rings. The van der Waals surface area contributed by atoms with Gasteiger partial charge >= 0.3 is 5.97 Å². The molecule has 82 valence electrons. The van der Waals surface area contributed by atoms with Gasteiger partial charge in [0.25, 0.3) is 0 Å². The fourth-order valence-corrected chi connectivity index (χ4v) is 1.87. The highest BCUT2D eigenvalue weighted by Gasteiger charge is 2.32. The summed E-state index contributed by atoms with van der Waals surface area (Å²) >= 11 is 0. The smallest absolute Gasteiger partial charge is 0.309 e. The topological polar surface area (TPSA) is 60.8 Å². The predicted molar refractivity (Wildman–Crippen MR) is 53.1 cm³/mol. The van der Waals surface area contributed by atoms with E-state index in [0.29, 0.717) is 13.0 Å². The highest BCUT2D eigenvalue weighted by Crippen LogP contribution is 2.18. The molecule has 1 rings (SSSR count). The van der Waals surface area contributed by atoms with Crippen LogP contribution in [0, 0.1) is 5.92 Å². The van der Waals surface area contributed by atoms with Crippen LogP contribution in [0.3, 0.4) is 0 Å². The van der Waals surface area contributed by atoms with Crippen molar-refractivity contribution in [2.24, 2.45) is 5.92 Å². The van der Waals surface area contributed by atoms with E-state index >= 15 is 0 Å². The van der Waals surface area contributed by atoms with E-state index in [1.807, 2.05) is 0 Å². The van der Waals surface area contributed by atoms with E-state index in [1.54, 1.807) is 0 Å². The minimum atomic E-state index is -0.868. The summed E-state index contributed by atoms with van der Waals surface area (Å²) in [4.78, 5) is 12.9. The first-order chi connectivity index (χ1) is 6.65. The Balaban J connectivity index is 2.35. The van der Waals surface area contributed by atoms with Gasteiger partial charge in [0.05, 0.1) is 12.0 Å². The average molecular weight is 201 g/mol. The second kappa shape index (κ2) is 5.32. The van der Waals surface area contributed by atoms with Gasteiger partial charge in [-0.3, -0.25) is 4.79 Å². The van der Waals surface area contributed by atoms with Gasteiger partial charge in [-0.25, -0.2) is 0 Å². The Morgan fingerprint density at radius 3 is 2.79 bits per heavy atom. The number of aliphatic hydroxyl groups is 1. The average Bonchev–Trinajstić information content (AvgIpc) is 2.14. The third-order valence-electron chi connectivity index (χ3n) is 2.81. The largest absolute Gasteiger partial charge is 0.481 e. The predicted octanol–water partition coefficient (Wildman–Crippen LogP) is 0.554. The van der Waals surface area contributed by atoms with Gasteiger partial charge in [-0.05, 0) is 25.9 Å². The number of aliphatic carboxylic acids is 1. The molecule has 1 heterocycles. The van der Waals surface area contributed by atoms with Gasteiger partial charge in [0, 0.05) is 6.54 Å². The molecule has 1 aliphatic rings. The molecule has 0 bridgehead atoms. The molecule has 2 atom stereocenters. The molecule has 0 spiro atoms. The van der Waals surface area contributed by atoms with Crippen LogP contribution in [-0.4, -0.2) is 46.8 Å². The number of piperidine rings is 1. The number of hydrogen-bond donors (Lipinski definition) is 2. The molecule has 0 aromatic heterocycles. The maximum Gasteiger partial charge on any atom is 0.309 e. The Bertz CT molecular complexity index is 196. The minimum Gasteiger partial charge on any atom is -0.481 e. The van der Waals surface area contributed by atoms with Crippen molar-refractivity contribution in [1.29, 1.82) is 0 Å². The van der Waals surface area contributed by atoms with Gasteiger partial charge in [0.1, 0.15) is 0 Å². The van der Waals surface area contributed by atoms with E-state index in [2.05, 4.69) is 11.8 Å². The number of carboxylic acid groups (broad SMARTS) is 1. The third-order valence-corrected chi connectivity index (χ3v) is 2.81. The van der Waals surface area contributed by atoms with Crippen molar-refractivity contribution in [2.45, 2.75) is 32.3 Å². The first-order valence-electron chi connectivity index (χ1n) is 5.28. The summed E-state index contributed by atoms with van der Waals surface area (Å²) in [6, 6.07) is 0. The first kappa shape index (κ1) is 11.5. The highest BCUT2D eigenvalue weighted by molar-refractivity contribution is 5.70. The van der Waals surface area contributed by atoms with Gasteiger partial charge in [-0.1, -0.05) is 13.3 Å². The third kappa shape index (κ3) is 2.96. The Morgan fingerprint density at radius 1 is 1.57 bits per heavy atom. The maximum atomic E-state index is 10.7. The number of aliphatic hydroxyl groups excluding tert-OH is 1. The quantitative estimate of drug-likeness (QED) is 0.697. The lowest BCUT2D eigenvalue weighted by atomic mass is 9.94. The molecule has 4 heteroatoms. The van der Waals surface area contributed by atoms with Crippen LogP contribution in [0.2, 0.25) is 0 Å². The molecule has 0 saturated carbocycles. The SMILES string of the molecule is CCCCN1CCC(C(=O)O)C(O)C1. The van der Waals surface area contributed by atoms with Crippen molar-refractivity contribution < 1.29 is 15.0 Å². The molecular formula is C10H19NO3. The summed E-state index contributed by atoms with van der Waals surface area (Å²) in [5.41, 5.74) is 0. The molecule has 2 N–H and O–H groups in total. The van der Waals surface area contributed by atoms with E-state index < -0.39 is 18.0 Å². The molecule has 1 saturated heterocycles. The van der Waals surface area contributed by atoms with Gasteiger partial charge < -0.3 is 15.1 Å². The van der Waals surface area contributed by atoms with Crippen LogP contribution in [0.4, 0.5) is 0 Å². The van der Waals surface area contributed by atoms with Crippen molar-refractivity contribution in [3.8, 4) is 0 Å². The summed E-state index contributed by atoms with van der Waals surface area (Å²) in [6.07, 6.45) is 2.12. The number of carboxylic acids is 1. The summed E-state index contributed by atoms with van der Waals surface area (Å²) in [7, 11) is 0. The zero-order valence-electron chi connectivity index (χ0n) is 8.65. The van der Waals surface area contributed by atoms with Gasteiger partial charge in [-0.2, -0.15) is 0 Å². The van der Waals surface area contributed by atoms with E-state index in [0.717, 1.165) is 25.9 Å². The molecule has 0 aliphatic carbocycles. The lowest BCUT2D eigenvalue weighted by Crippen LogP contribution is -2.46. The van der Waals surface area contributed by atoms with E-state index in [4.69, 9.17) is 5.11 Å². The molecule has 4 nitrogen and oxygen atoms in total. The number of carbonyl (C=O) groups is 1. The zero-order valence-corrected chi connectivity index (χ0v) is 8.65. The van der Waals surface area contributed by atoms with Crippen molar-refractivity contribution in [3.05, 3.63) is 0 Å². The van der Waals surface area contributed by atoms with Gasteiger partial charge in [-0.15, -0.1) is 0 Å². The number of unbranched alkanes of at least 4 members (excludes halogenated alkanes) is 1. The van der Waals surface area contributed by atoms with Crippen molar-refractivity contribution >= 4 is 5.97 Å². The monoisotopic (exact) mass is 201 g/mol. The standard InChI is InChI=1S/C10H19NO3/c1-2-3-5-11-6-4-8(10(13)14)9(12)7-11/h8-9,12H,2-7H2,1H3,(H,13,14). The fraction of sp³-hybridized carbons (Fsp3) is 0.900. The molecule has 0 aromatic carbocycles. The normalized spacial score (nSPS) is 29.0. The maximum absolute atomic E-state index is 10.7. The van der Waals surface area contributed by atoms with Crippen molar-refractivity contribution in [3.63, 3.8) is 0 Å². The van der Waals surface area contributed by atoms with Crippen LogP contribution in [-0.2, 0) is 4.79 Å². The van der Waals surface area contributed by atoms with E-state index in [9.17, 15) is 9.90 Å². The lowest BCUT2D eigenvalue weighted by Gasteiger charge is -2.33. The molecule has 0 aromatic rings. The molecule has 0 radical (unpaired) electrons. The molecule has 0 amide bonds. The first-order valence-corrected chi connectivity index (χ1v) is 5.28. The second-order valence-electron chi connectivity index (χ2n) is 3.95. The summed E-state index contributed by atoms with van der Waals surface area (Å²) in [6.45, 7) is 4.41. The molecular weight excluding hydrogens is 182 g/mol. The van der Waals surface area contributed by atoms with E-state index in [1.165, 1.54) is 0 Å². The minimum absolute atomic E-state index is 0.511. The summed E-state index contributed by atoms with van der Waals surface area (Å²) in [5, 5.41) is 18.4. The Morgan fingerprint density at radius 2 is 2.29 bits per heavy atom. The summed E-state index contributed by atoms with van der Waals surface area (Å²) in [5.74, 6) is -1.43. The van der Waals surface area contributed by atoms with Gasteiger partial charge in [0.2, 0.25) is 0 Å². The lowest BCUT2D eigenvalue weighted by molar-refractivity contribution is -0.148. The highest BCUT2D eigenvalue weighted by atomic mass is 16.4.